The Morgan fingerprint density at radius 2 is 1.39 bits per heavy atom. The molecule has 108 valence electrons. The van der Waals surface area contributed by atoms with Gasteiger partial charge in [0.05, 0.1) is 0 Å². The maximum Gasteiger partial charge on any atom is 0.248 e. The second kappa shape index (κ2) is 12.9. The Bertz CT molecular complexity index is 193. The number of rotatable bonds is 12. The summed E-state index contributed by atoms with van der Waals surface area (Å²) in [6.07, 6.45) is 12.1. The Morgan fingerprint density at radius 1 is 0.944 bits per heavy atom. The molecule has 0 heterocycles. The maximum absolute atomic E-state index is 11.0. The third kappa shape index (κ3) is 11.9. The van der Waals surface area contributed by atoms with E-state index >= 15 is 0 Å². The molecule has 0 spiro atoms. The third-order valence-electron chi connectivity index (χ3n) is 3.21. The van der Waals surface area contributed by atoms with Gasteiger partial charge in [-0.3, -0.25) is 4.79 Å². The molecular weight excluding hydrogens is 226 g/mol. The Hall–Kier alpha value is -0.570. The van der Waals surface area contributed by atoms with Gasteiger partial charge in [0.2, 0.25) is 5.91 Å². The van der Waals surface area contributed by atoms with E-state index in [1.807, 2.05) is 0 Å². The van der Waals surface area contributed by atoms with Crippen LogP contribution in [-0.2, 0) is 4.79 Å². The highest BCUT2D eigenvalue weighted by Gasteiger charge is 2.06. The summed E-state index contributed by atoms with van der Waals surface area (Å²) in [7, 11) is 0. The SMILES string of the molecule is CCCCCCCCCCCCNC(=O)[C@@H](C)O. The Labute approximate surface area is 112 Å². The minimum Gasteiger partial charge on any atom is -0.384 e. The van der Waals surface area contributed by atoms with Crippen molar-refractivity contribution in [1.82, 2.24) is 5.32 Å². The highest BCUT2D eigenvalue weighted by molar-refractivity contribution is 5.79. The van der Waals surface area contributed by atoms with Gasteiger partial charge in [0.1, 0.15) is 6.10 Å². The summed E-state index contributed by atoms with van der Waals surface area (Å²) in [5, 5.41) is 11.7. The molecule has 0 saturated carbocycles. The van der Waals surface area contributed by atoms with Gasteiger partial charge in [0.15, 0.2) is 0 Å². The fraction of sp³-hybridized carbons (Fsp3) is 0.933. The van der Waals surface area contributed by atoms with E-state index in [1.54, 1.807) is 0 Å². The lowest BCUT2D eigenvalue weighted by Crippen LogP contribution is -2.33. The van der Waals surface area contributed by atoms with Crippen molar-refractivity contribution in [3.05, 3.63) is 0 Å². The number of aliphatic hydroxyl groups is 1. The average Bonchev–Trinajstić information content (AvgIpc) is 2.35. The number of aliphatic hydroxyl groups excluding tert-OH is 1. The van der Waals surface area contributed by atoms with Crippen molar-refractivity contribution in [2.45, 2.75) is 84.2 Å². The maximum atomic E-state index is 11.0. The van der Waals surface area contributed by atoms with E-state index in [9.17, 15) is 4.79 Å². The first-order valence-electron chi connectivity index (χ1n) is 7.64. The minimum absolute atomic E-state index is 0.258. The molecule has 0 rings (SSSR count). The molecule has 0 aliphatic rings. The molecule has 1 amide bonds. The van der Waals surface area contributed by atoms with Crippen LogP contribution in [0.15, 0.2) is 0 Å². The zero-order valence-electron chi connectivity index (χ0n) is 12.2. The lowest BCUT2D eigenvalue weighted by atomic mass is 10.1. The van der Waals surface area contributed by atoms with E-state index in [0.29, 0.717) is 6.54 Å². The van der Waals surface area contributed by atoms with Gasteiger partial charge < -0.3 is 10.4 Å². The quantitative estimate of drug-likeness (QED) is 0.526. The third-order valence-corrected chi connectivity index (χ3v) is 3.21. The standard InChI is InChI=1S/C15H31NO2/c1-3-4-5-6-7-8-9-10-11-12-13-16-15(18)14(2)17/h14,17H,3-13H2,1-2H3,(H,16,18)/t14-/m1/s1. The Morgan fingerprint density at radius 3 is 1.83 bits per heavy atom. The van der Waals surface area contributed by atoms with E-state index in [-0.39, 0.29) is 5.91 Å². The van der Waals surface area contributed by atoms with E-state index in [2.05, 4.69) is 12.2 Å². The topological polar surface area (TPSA) is 49.3 Å². The van der Waals surface area contributed by atoms with Crippen LogP contribution >= 0.6 is 0 Å². The molecule has 0 aliphatic heterocycles. The molecule has 0 aromatic heterocycles. The minimum atomic E-state index is -0.881. The number of carbonyl (C=O) groups excluding carboxylic acids is 1. The highest BCUT2D eigenvalue weighted by atomic mass is 16.3. The van der Waals surface area contributed by atoms with Crippen LogP contribution < -0.4 is 5.32 Å². The largest absolute Gasteiger partial charge is 0.384 e. The van der Waals surface area contributed by atoms with Gasteiger partial charge in [-0.25, -0.2) is 0 Å². The van der Waals surface area contributed by atoms with E-state index in [0.717, 1.165) is 6.42 Å². The molecule has 0 aliphatic carbocycles. The number of hydrogen-bond acceptors (Lipinski definition) is 2. The van der Waals surface area contributed by atoms with Crippen molar-refractivity contribution in [3.8, 4) is 0 Å². The van der Waals surface area contributed by atoms with Crippen molar-refractivity contribution in [3.63, 3.8) is 0 Å². The van der Waals surface area contributed by atoms with Gasteiger partial charge in [-0.15, -0.1) is 0 Å². The normalized spacial score (nSPS) is 12.4. The molecule has 0 fully saturated rings. The van der Waals surface area contributed by atoms with Crippen LogP contribution in [0.4, 0.5) is 0 Å². The monoisotopic (exact) mass is 257 g/mol. The van der Waals surface area contributed by atoms with E-state index < -0.39 is 6.10 Å². The second-order valence-corrected chi connectivity index (χ2v) is 5.15. The summed E-state index contributed by atoms with van der Waals surface area (Å²) in [5.41, 5.74) is 0. The second-order valence-electron chi connectivity index (χ2n) is 5.15. The number of unbranched alkanes of at least 4 members (excludes halogenated alkanes) is 9. The highest BCUT2D eigenvalue weighted by Crippen LogP contribution is 2.10. The van der Waals surface area contributed by atoms with Crippen molar-refractivity contribution in [2.24, 2.45) is 0 Å². The number of hydrogen-bond donors (Lipinski definition) is 2. The lowest BCUT2D eigenvalue weighted by Gasteiger charge is -2.06. The van der Waals surface area contributed by atoms with Gasteiger partial charge in [-0.1, -0.05) is 64.7 Å². The zero-order valence-corrected chi connectivity index (χ0v) is 12.2. The predicted molar refractivity (Wildman–Crippen MR) is 76.5 cm³/mol. The molecule has 0 saturated heterocycles. The van der Waals surface area contributed by atoms with E-state index in [4.69, 9.17) is 5.11 Å². The van der Waals surface area contributed by atoms with Crippen molar-refractivity contribution >= 4 is 5.91 Å². The van der Waals surface area contributed by atoms with Crippen LogP contribution in [0.2, 0.25) is 0 Å². The van der Waals surface area contributed by atoms with Gasteiger partial charge in [-0.05, 0) is 13.3 Å². The zero-order chi connectivity index (χ0) is 13.6. The summed E-state index contributed by atoms with van der Waals surface area (Å²) in [6.45, 7) is 4.43. The van der Waals surface area contributed by atoms with Crippen LogP contribution in [0.25, 0.3) is 0 Å². The summed E-state index contributed by atoms with van der Waals surface area (Å²) in [6, 6.07) is 0. The smallest absolute Gasteiger partial charge is 0.248 e. The molecular formula is C15H31NO2. The molecule has 0 radical (unpaired) electrons. The molecule has 0 bridgehead atoms. The fourth-order valence-electron chi connectivity index (χ4n) is 1.97. The first kappa shape index (κ1) is 17.4. The number of amides is 1. The van der Waals surface area contributed by atoms with E-state index in [1.165, 1.54) is 64.7 Å². The van der Waals surface area contributed by atoms with Crippen molar-refractivity contribution in [2.75, 3.05) is 6.54 Å². The Balaban J connectivity index is 3.05. The number of nitrogens with one attached hydrogen (secondary N) is 1. The van der Waals surface area contributed by atoms with Crippen LogP contribution in [0.5, 0.6) is 0 Å². The van der Waals surface area contributed by atoms with Gasteiger partial charge in [0.25, 0.3) is 0 Å². The molecule has 18 heavy (non-hydrogen) atoms. The van der Waals surface area contributed by atoms with Crippen molar-refractivity contribution in [1.29, 1.82) is 0 Å². The lowest BCUT2D eigenvalue weighted by molar-refractivity contribution is -0.128. The van der Waals surface area contributed by atoms with Gasteiger partial charge in [0, 0.05) is 6.54 Å². The van der Waals surface area contributed by atoms with Gasteiger partial charge >= 0.3 is 0 Å². The Kier molecular flexibility index (Phi) is 12.5. The van der Waals surface area contributed by atoms with Crippen LogP contribution in [0.1, 0.15) is 78.1 Å². The molecule has 3 heteroatoms. The van der Waals surface area contributed by atoms with Crippen LogP contribution in [0, 0.1) is 0 Å². The first-order chi connectivity index (χ1) is 8.68. The molecule has 1 atom stereocenters. The predicted octanol–water partition coefficient (Wildman–Crippen LogP) is 3.40. The molecule has 0 unspecified atom stereocenters. The summed E-state index contributed by atoms with van der Waals surface area (Å²) < 4.78 is 0. The summed E-state index contributed by atoms with van der Waals surface area (Å²) in [5.74, 6) is -0.258. The fourth-order valence-corrected chi connectivity index (χ4v) is 1.97. The van der Waals surface area contributed by atoms with Crippen LogP contribution in [-0.4, -0.2) is 23.7 Å². The molecule has 3 nitrogen and oxygen atoms in total. The summed E-state index contributed by atoms with van der Waals surface area (Å²) >= 11 is 0. The first-order valence-corrected chi connectivity index (χ1v) is 7.64. The van der Waals surface area contributed by atoms with Crippen LogP contribution in [0.3, 0.4) is 0 Å². The number of carbonyl (C=O) groups is 1. The molecule has 0 aromatic carbocycles. The summed E-state index contributed by atoms with van der Waals surface area (Å²) in [4.78, 5) is 11.0. The van der Waals surface area contributed by atoms with Gasteiger partial charge in [-0.2, -0.15) is 0 Å². The van der Waals surface area contributed by atoms with Crippen molar-refractivity contribution < 1.29 is 9.90 Å². The molecule has 2 N–H and O–H groups in total. The average molecular weight is 257 g/mol. The molecule has 0 aromatic rings.